The molecule has 1 aliphatic heterocycles. The third kappa shape index (κ3) is 4.44. The van der Waals surface area contributed by atoms with Crippen molar-refractivity contribution >= 4 is 5.82 Å². The van der Waals surface area contributed by atoms with Crippen molar-refractivity contribution < 1.29 is 0 Å². The van der Waals surface area contributed by atoms with Gasteiger partial charge in [-0.3, -0.25) is 4.90 Å². The Bertz CT molecular complexity index is 399. The van der Waals surface area contributed by atoms with Crippen LogP contribution in [-0.4, -0.2) is 54.1 Å². The maximum Gasteiger partial charge on any atom is 0.133 e. The van der Waals surface area contributed by atoms with E-state index < -0.39 is 0 Å². The summed E-state index contributed by atoms with van der Waals surface area (Å²) < 4.78 is 0. The van der Waals surface area contributed by atoms with Gasteiger partial charge in [0.05, 0.1) is 0 Å². The van der Waals surface area contributed by atoms with E-state index >= 15 is 0 Å². The number of hydrogen-bond donors (Lipinski definition) is 2. The molecule has 0 spiro atoms. The first-order valence-electron chi connectivity index (χ1n) is 7.17. The molecule has 5 heteroatoms. The van der Waals surface area contributed by atoms with Crippen LogP contribution in [0.5, 0.6) is 0 Å². The molecule has 1 saturated heterocycles. The van der Waals surface area contributed by atoms with Gasteiger partial charge >= 0.3 is 0 Å². The van der Waals surface area contributed by atoms with Gasteiger partial charge in [0.1, 0.15) is 11.6 Å². The van der Waals surface area contributed by atoms with E-state index in [1.807, 2.05) is 13.0 Å². The van der Waals surface area contributed by atoms with E-state index in [0.717, 1.165) is 56.6 Å². The molecule has 0 radical (unpaired) electrons. The highest BCUT2D eigenvalue weighted by molar-refractivity contribution is 5.36. The first kappa shape index (κ1) is 14.2. The van der Waals surface area contributed by atoms with Crippen molar-refractivity contribution in [2.45, 2.75) is 26.7 Å². The third-order valence-corrected chi connectivity index (χ3v) is 3.33. The minimum Gasteiger partial charge on any atom is -0.369 e. The zero-order valence-corrected chi connectivity index (χ0v) is 12.2. The van der Waals surface area contributed by atoms with Crippen LogP contribution in [0.15, 0.2) is 6.07 Å². The normalized spacial score (nSPS) is 16.8. The summed E-state index contributed by atoms with van der Waals surface area (Å²) in [6.45, 7) is 12.8. The van der Waals surface area contributed by atoms with E-state index in [9.17, 15) is 0 Å². The molecule has 0 atom stereocenters. The summed E-state index contributed by atoms with van der Waals surface area (Å²) in [6.07, 6.45) is 0. The second kappa shape index (κ2) is 6.82. The maximum absolute atomic E-state index is 4.56. The molecule has 19 heavy (non-hydrogen) atoms. The molecule has 0 amide bonds. The van der Waals surface area contributed by atoms with E-state index in [2.05, 4.69) is 39.3 Å². The second-order valence-electron chi connectivity index (χ2n) is 5.43. The SMILES string of the molecule is Cc1cc(NCCN2CCNCC2)nc(C(C)C)n1. The Kier molecular flexibility index (Phi) is 5.10. The Morgan fingerprint density at radius 1 is 1.32 bits per heavy atom. The molecule has 2 N–H and O–H groups in total. The lowest BCUT2D eigenvalue weighted by Crippen LogP contribution is -2.45. The zero-order valence-electron chi connectivity index (χ0n) is 12.2. The second-order valence-corrected chi connectivity index (χ2v) is 5.43. The highest BCUT2D eigenvalue weighted by Gasteiger charge is 2.09. The molecule has 2 rings (SSSR count). The number of anilines is 1. The number of nitrogens with one attached hydrogen (secondary N) is 2. The topological polar surface area (TPSA) is 53.1 Å². The van der Waals surface area contributed by atoms with E-state index in [1.165, 1.54) is 0 Å². The predicted octanol–water partition coefficient (Wildman–Crippen LogP) is 1.23. The van der Waals surface area contributed by atoms with Crippen molar-refractivity contribution in [1.29, 1.82) is 0 Å². The van der Waals surface area contributed by atoms with E-state index in [1.54, 1.807) is 0 Å². The molecular formula is C14H25N5. The summed E-state index contributed by atoms with van der Waals surface area (Å²) in [7, 11) is 0. The molecule has 5 nitrogen and oxygen atoms in total. The first-order valence-corrected chi connectivity index (χ1v) is 7.17. The number of rotatable bonds is 5. The van der Waals surface area contributed by atoms with Gasteiger partial charge in [-0.15, -0.1) is 0 Å². The minimum absolute atomic E-state index is 0.369. The molecule has 1 aromatic heterocycles. The molecule has 1 fully saturated rings. The Balaban J connectivity index is 1.84. The fraction of sp³-hybridized carbons (Fsp3) is 0.714. The number of nitrogens with zero attached hydrogens (tertiary/aromatic N) is 3. The van der Waals surface area contributed by atoms with Gasteiger partial charge in [-0.05, 0) is 6.92 Å². The van der Waals surface area contributed by atoms with Gasteiger partial charge in [0.2, 0.25) is 0 Å². The van der Waals surface area contributed by atoms with Crippen LogP contribution in [0.4, 0.5) is 5.82 Å². The molecule has 2 heterocycles. The Labute approximate surface area is 115 Å². The maximum atomic E-state index is 4.56. The summed E-state index contributed by atoms with van der Waals surface area (Å²) in [5.41, 5.74) is 1.03. The molecule has 0 saturated carbocycles. The summed E-state index contributed by atoms with van der Waals surface area (Å²) in [5.74, 6) is 2.24. The Hall–Kier alpha value is -1.20. The quantitative estimate of drug-likeness (QED) is 0.837. The lowest BCUT2D eigenvalue weighted by Gasteiger charge is -2.27. The van der Waals surface area contributed by atoms with Crippen LogP contribution in [0, 0.1) is 6.92 Å². The van der Waals surface area contributed by atoms with Crippen molar-refractivity contribution in [3.8, 4) is 0 Å². The molecule has 0 aromatic carbocycles. The number of hydrogen-bond acceptors (Lipinski definition) is 5. The van der Waals surface area contributed by atoms with Gasteiger partial charge in [-0.25, -0.2) is 9.97 Å². The highest BCUT2D eigenvalue weighted by atomic mass is 15.2. The fourth-order valence-corrected chi connectivity index (χ4v) is 2.22. The van der Waals surface area contributed by atoms with E-state index in [-0.39, 0.29) is 0 Å². The number of aromatic nitrogens is 2. The average Bonchev–Trinajstić information content (AvgIpc) is 2.39. The van der Waals surface area contributed by atoms with Crippen LogP contribution in [0.3, 0.4) is 0 Å². The van der Waals surface area contributed by atoms with Crippen LogP contribution in [-0.2, 0) is 0 Å². The number of piperazine rings is 1. The standard InChI is InChI=1S/C14H25N5/c1-11(2)14-17-12(3)10-13(18-14)16-6-9-19-7-4-15-5-8-19/h10-11,15H,4-9H2,1-3H3,(H,16,17,18). The summed E-state index contributed by atoms with van der Waals surface area (Å²) in [5, 5.41) is 6.78. The number of aryl methyl sites for hydroxylation is 1. The van der Waals surface area contributed by atoms with Gasteiger partial charge in [0.25, 0.3) is 0 Å². The molecule has 1 aromatic rings. The fourth-order valence-electron chi connectivity index (χ4n) is 2.22. The third-order valence-electron chi connectivity index (χ3n) is 3.33. The molecular weight excluding hydrogens is 238 g/mol. The van der Waals surface area contributed by atoms with Crippen LogP contribution in [0.25, 0.3) is 0 Å². The summed E-state index contributed by atoms with van der Waals surface area (Å²) in [4.78, 5) is 11.5. The molecule has 0 unspecified atom stereocenters. The Morgan fingerprint density at radius 2 is 2.05 bits per heavy atom. The van der Waals surface area contributed by atoms with Crippen LogP contribution in [0.1, 0.15) is 31.3 Å². The molecule has 0 aliphatic carbocycles. The van der Waals surface area contributed by atoms with Crippen LogP contribution < -0.4 is 10.6 Å². The molecule has 0 bridgehead atoms. The lowest BCUT2D eigenvalue weighted by atomic mass is 10.2. The van der Waals surface area contributed by atoms with Crippen molar-refractivity contribution in [1.82, 2.24) is 20.2 Å². The van der Waals surface area contributed by atoms with E-state index in [4.69, 9.17) is 0 Å². The van der Waals surface area contributed by atoms with Crippen molar-refractivity contribution in [2.75, 3.05) is 44.6 Å². The van der Waals surface area contributed by atoms with Gasteiger partial charge in [0.15, 0.2) is 0 Å². The van der Waals surface area contributed by atoms with Crippen molar-refractivity contribution in [3.05, 3.63) is 17.6 Å². The molecule has 106 valence electrons. The van der Waals surface area contributed by atoms with Gasteiger partial charge in [-0.1, -0.05) is 13.8 Å². The van der Waals surface area contributed by atoms with Gasteiger partial charge in [-0.2, -0.15) is 0 Å². The van der Waals surface area contributed by atoms with Crippen LogP contribution >= 0.6 is 0 Å². The van der Waals surface area contributed by atoms with Gasteiger partial charge < -0.3 is 10.6 Å². The van der Waals surface area contributed by atoms with Crippen molar-refractivity contribution in [3.63, 3.8) is 0 Å². The highest BCUT2D eigenvalue weighted by Crippen LogP contribution is 2.13. The van der Waals surface area contributed by atoms with Crippen molar-refractivity contribution in [2.24, 2.45) is 0 Å². The average molecular weight is 263 g/mol. The van der Waals surface area contributed by atoms with E-state index in [0.29, 0.717) is 5.92 Å². The lowest BCUT2D eigenvalue weighted by molar-refractivity contribution is 0.249. The largest absolute Gasteiger partial charge is 0.369 e. The first-order chi connectivity index (χ1) is 9.15. The monoisotopic (exact) mass is 263 g/mol. The molecule has 1 aliphatic rings. The zero-order chi connectivity index (χ0) is 13.7. The summed E-state index contributed by atoms with van der Waals surface area (Å²) in [6, 6.07) is 2.02. The Morgan fingerprint density at radius 3 is 2.74 bits per heavy atom. The minimum atomic E-state index is 0.369. The predicted molar refractivity (Wildman–Crippen MR) is 78.7 cm³/mol. The van der Waals surface area contributed by atoms with Gasteiger partial charge in [0, 0.05) is 56.9 Å². The smallest absolute Gasteiger partial charge is 0.133 e. The summed E-state index contributed by atoms with van der Waals surface area (Å²) >= 11 is 0. The van der Waals surface area contributed by atoms with Crippen LogP contribution in [0.2, 0.25) is 0 Å².